The van der Waals surface area contributed by atoms with Crippen LogP contribution in [0, 0.1) is 13.8 Å². The Hall–Kier alpha value is -2.02. The van der Waals surface area contributed by atoms with Crippen LogP contribution in [0.25, 0.3) is 0 Å². The van der Waals surface area contributed by atoms with Crippen molar-refractivity contribution in [3.05, 3.63) is 35.1 Å². The van der Waals surface area contributed by atoms with Crippen LogP contribution in [-0.4, -0.2) is 37.1 Å². The lowest BCUT2D eigenvalue weighted by Gasteiger charge is -2.27. The van der Waals surface area contributed by atoms with Crippen LogP contribution >= 0.6 is 7.60 Å². The minimum Gasteiger partial charge on any atom is -0.504 e. The molecule has 0 radical (unpaired) electrons. The third-order valence-electron chi connectivity index (χ3n) is 4.00. The average Bonchev–Trinajstić information content (AvgIpc) is 3.03. The van der Waals surface area contributed by atoms with E-state index < -0.39 is 13.3 Å². The largest absolute Gasteiger partial charge is 0.504 e. The summed E-state index contributed by atoms with van der Waals surface area (Å²) in [5.41, 5.74) is 0.633. The summed E-state index contributed by atoms with van der Waals surface area (Å²) < 4.78 is 34.9. The second-order valence-corrected chi connectivity index (χ2v) is 8.20. The summed E-state index contributed by atoms with van der Waals surface area (Å²) in [5, 5.41) is 17.1. The van der Waals surface area contributed by atoms with E-state index in [0.29, 0.717) is 28.5 Å². The number of ether oxygens (including phenoxy) is 1. The number of hydrogen-bond acceptors (Lipinski definition) is 8. The first-order valence-electron chi connectivity index (χ1n) is 8.78. The number of aromatic nitrogens is 1. The maximum atomic E-state index is 13.5. The molecule has 2 N–H and O–H groups in total. The van der Waals surface area contributed by atoms with Crippen LogP contribution in [0.4, 0.5) is 5.82 Å². The van der Waals surface area contributed by atoms with Gasteiger partial charge in [-0.1, -0.05) is 11.2 Å². The van der Waals surface area contributed by atoms with Crippen LogP contribution in [0.15, 0.2) is 22.7 Å². The summed E-state index contributed by atoms with van der Waals surface area (Å²) in [6.07, 6.45) is 0. The zero-order valence-electron chi connectivity index (χ0n) is 16.3. The number of methoxy groups -OCH3 is 1. The molecule has 0 aliphatic heterocycles. The highest BCUT2D eigenvalue weighted by Gasteiger charge is 2.37. The first-order valence-corrected chi connectivity index (χ1v) is 10.4. The SMILES string of the molecule is CCOP(=O)(OCC)C(CNc1cc(C)on1)c1cc(C)c(O)c(OC)c1. The van der Waals surface area contributed by atoms with Gasteiger partial charge in [-0.3, -0.25) is 4.57 Å². The van der Waals surface area contributed by atoms with E-state index in [0.717, 1.165) is 0 Å². The molecule has 2 aromatic rings. The number of aryl methyl sites for hydroxylation is 2. The van der Waals surface area contributed by atoms with E-state index >= 15 is 0 Å². The molecule has 0 bridgehead atoms. The molecule has 150 valence electrons. The molecule has 1 aromatic carbocycles. The van der Waals surface area contributed by atoms with Crippen LogP contribution < -0.4 is 10.1 Å². The fourth-order valence-corrected chi connectivity index (χ4v) is 4.75. The van der Waals surface area contributed by atoms with E-state index in [1.54, 1.807) is 45.9 Å². The number of phenolic OH excluding ortho intramolecular Hbond substituents is 1. The van der Waals surface area contributed by atoms with Gasteiger partial charge in [-0.05, 0) is 44.9 Å². The molecule has 2 rings (SSSR count). The summed E-state index contributed by atoms with van der Waals surface area (Å²) >= 11 is 0. The fourth-order valence-electron chi connectivity index (χ4n) is 2.76. The van der Waals surface area contributed by atoms with Crippen molar-refractivity contribution in [3.8, 4) is 11.5 Å². The summed E-state index contributed by atoms with van der Waals surface area (Å²) in [7, 11) is -2.04. The van der Waals surface area contributed by atoms with Gasteiger partial charge < -0.3 is 28.7 Å². The van der Waals surface area contributed by atoms with Gasteiger partial charge in [0.05, 0.1) is 20.3 Å². The Morgan fingerprint density at radius 3 is 2.41 bits per heavy atom. The second-order valence-electron chi connectivity index (χ2n) is 5.98. The Morgan fingerprint density at radius 2 is 1.89 bits per heavy atom. The first kappa shape index (κ1) is 21.3. The highest BCUT2D eigenvalue weighted by Crippen LogP contribution is 2.61. The Labute approximate surface area is 159 Å². The fraction of sp³-hybridized carbons (Fsp3) is 0.500. The number of phenols is 1. The van der Waals surface area contributed by atoms with E-state index in [1.165, 1.54) is 7.11 Å². The lowest BCUT2D eigenvalue weighted by Crippen LogP contribution is -2.17. The second kappa shape index (κ2) is 9.26. The molecule has 1 aromatic heterocycles. The zero-order chi connectivity index (χ0) is 20.0. The van der Waals surface area contributed by atoms with Crippen molar-refractivity contribution in [2.45, 2.75) is 33.4 Å². The van der Waals surface area contributed by atoms with Crippen molar-refractivity contribution in [3.63, 3.8) is 0 Å². The standard InChI is InChI=1S/C18H27N2O6P/c1-6-24-27(22,25-7-2)16(11-19-17-9-13(4)26-20-17)14-8-12(3)18(21)15(10-14)23-5/h8-10,16,21H,6-7,11H2,1-5H3,(H,19,20). The first-order chi connectivity index (χ1) is 12.8. The number of benzene rings is 1. The van der Waals surface area contributed by atoms with Gasteiger partial charge >= 0.3 is 7.60 Å². The van der Waals surface area contributed by atoms with Crippen molar-refractivity contribution < 1.29 is 28.0 Å². The average molecular weight is 398 g/mol. The van der Waals surface area contributed by atoms with Gasteiger partial charge in [0.2, 0.25) is 0 Å². The highest BCUT2D eigenvalue weighted by atomic mass is 31.2. The quantitative estimate of drug-likeness (QED) is 0.567. The van der Waals surface area contributed by atoms with E-state index in [4.69, 9.17) is 18.3 Å². The molecular formula is C18H27N2O6P. The van der Waals surface area contributed by atoms with Crippen LogP contribution in [0.1, 0.15) is 36.4 Å². The predicted molar refractivity (Wildman–Crippen MR) is 103 cm³/mol. The molecular weight excluding hydrogens is 371 g/mol. The van der Waals surface area contributed by atoms with Crippen molar-refractivity contribution in [2.24, 2.45) is 0 Å². The smallest absolute Gasteiger partial charge is 0.339 e. The van der Waals surface area contributed by atoms with E-state index in [2.05, 4.69) is 10.5 Å². The minimum absolute atomic E-state index is 0.0442. The van der Waals surface area contributed by atoms with Crippen LogP contribution in [0.2, 0.25) is 0 Å². The maximum absolute atomic E-state index is 13.5. The molecule has 1 unspecified atom stereocenters. The molecule has 0 aliphatic rings. The highest BCUT2D eigenvalue weighted by molar-refractivity contribution is 7.54. The van der Waals surface area contributed by atoms with Crippen LogP contribution in [0.3, 0.4) is 0 Å². The molecule has 1 atom stereocenters. The normalized spacial score (nSPS) is 12.8. The Morgan fingerprint density at radius 1 is 1.22 bits per heavy atom. The summed E-state index contributed by atoms with van der Waals surface area (Å²) in [5.74, 6) is 1.53. The van der Waals surface area contributed by atoms with E-state index in [-0.39, 0.29) is 25.5 Å². The van der Waals surface area contributed by atoms with Gasteiger partial charge in [0.15, 0.2) is 17.3 Å². The molecule has 9 heteroatoms. The number of aromatic hydroxyl groups is 1. The van der Waals surface area contributed by atoms with Crippen molar-refractivity contribution in [1.82, 2.24) is 5.16 Å². The number of hydrogen-bond donors (Lipinski definition) is 2. The maximum Gasteiger partial charge on any atom is 0.339 e. The molecule has 0 aliphatic carbocycles. The molecule has 0 spiro atoms. The van der Waals surface area contributed by atoms with Gasteiger partial charge in [0.1, 0.15) is 11.4 Å². The zero-order valence-corrected chi connectivity index (χ0v) is 17.2. The molecule has 0 amide bonds. The number of nitrogens with zero attached hydrogens (tertiary/aromatic N) is 1. The monoisotopic (exact) mass is 398 g/mol. The Balaban J connectivity index is 2.44. The molecule has 27 heavy (non-hydrogen) atoms. The molecule has 8 nitrogen and oxygen atoms in total. The molecule has 0 saturated carbocycles. The van der Waals surface area contributed by atoms with Gasteiger partial charge in [-0.2, -0.15) is 0 Å². The van der Waals surface area contributed by atoms with Gasteiger partial charge in [-0.25, -0.2) is 0 Å². The van der Waals surface area contributed by atoms with Crippen LogP contribution in [0.5, 0.6) is 11.5 Å². The summed E-state index contributed by atoms with van der Waals surface area (Å²) in [4.78, 5) is 0. The summed E-state index contributed by atoms with van der Waals surface area (Å²) in [6.45, 7) is 7.78. The third-order valence-corrected chi connectivity index (χ3v) is 6.48. The van der Waals surface area contributed by atoms with Gasteiger partial charge in [0, 0.05) is 12.6 Å². The van der Waals surface area contributed by atoms with E-state index in [1.807, 2.05) is 0 Å². The Bertz CT molecular complexity index is 797. The van der Waals surface area contributed by atoms with Crippen LogP contribution in [-0.2, 0) is 13.6 Å². The molecule has 0 saturated heterocycles. The van der Waals surface area contributed by atoms with Crippen molar-refractivity contribution in [1.29, 1.82) is 0 Å². The number of rotatable bonds is 10. The lowest BCUT2D eigenvalue weighted by atomic mass is 10.1. The van der Waals surface area contributed by atoms with Crippen molar-refractivity contribution >= 4 is 13.4 Å². The number of nitrogens with one attached hydrogen (secondary N) is 1. The van der Waals surface area contributed by atoms with Crippen molar-refractivity contribution in [2.75, 3.05) is 32.2 Å². The lowest BCUT2D eigenvalue weighted by molar-refractivity contribution is 0.212. The molecule has 0 fully saturated rings. The number of anilines is 1. The predicted octanol–water partition coefficient (Wildman–Crippen LogP) is 4.42. The Kier molecular flexibility index (Phi) is 7.30. The molecule has 1 heterocycles. The minimum atomic E-state index is -3.50. The summed E-state index contributed by atoms with van der Waals surface area (Å²) in [6, 6.07) is 5.14. The van der Waals surface area contributed by atoms with Gasteiger partial charge in [0.25, 0.3) is 0 Å². The third kappa shape index (κ3) is 5.03. The topological polar surface area (TPSA) is 103 Å². The van der Waals surface area contributed by atoms with E-state index in [9.17, 15) is 9.67 Å². The van der Waals surface area contributed by atoms with Gasteiger partial charge in [-0.15, -0.1) is 0 Å².